The number of carboxylic acids is 1. The first kappa shape index (κ1) is 15.8. The van der Waals surface area contributed by atoms with Crippen LogP contribution in [0.4, 0.5) is 5.82 Å². The molecule has 2 atom stereocenters. The number of aliphatic carboxylic acids is 1. The number of hydrogen-bond donors (Lipinski definition) is 3. The van der Waals surface area contributed by atoms with Gasteiger partial charge >= 0.3 is 5.97 Å². The first-order chi connectivity index (χ1) is 9.69. The topological polar surface area (TPSA) is 104 Å². The molecule has 0 saturated heterocycles. The molecule has 1 aromatic rings. The Hall–Kier alpha value is -1.60. The van der Waals surface area contributed by atoms with Gasteiger partial charge in [0, 0.05) is 11.5 Å². The van der Waals surface area contributed by atoms with Crippen LogP contribution in [0.5, 0.6) is 0 Å². The maximum atomic E-state index is 12.5. The number of carboxylic acid groups (broad SMARTS) is 1. The van der Waals surface area contributed by atoms with Crippen molar-refractivity contribution in [2.75, 3.05) is 11.9 Å². The molecule has 0 bridgehead atoms. The zero-order valence-electron chi connectivity index (χ0n) is 12.1. The lowest BCUT2D eigenvalue weighted by Gasteiger charge is -2.19. The second-order valence-electron chi connectivity index (χ2n) is 5.94. The molecule has 0 aromatic carbocycles. The van der Waals surface area contributed by atoms with Crippen molar-refractivity contribution >= 4 is 23.4 Å². The molecule has 2 heterocycles. The SMILES string of the molecule is CC(CO)Nc1nc(Cl)c2n(c1=O)[C@H](C(=O)O)CC2(C)C. The number of nitrogens with one attached hydrogen (secondary N) is 1. The predicted molar refractivity (Wildman–Crippen MR) is 78.0 cm³/mol. The molecule has 0 saturated carbocycles. The first-order valence-corrected chi connectivity index (χ1v) is 6.99. The van der Waals surface area contributed by atoms with Crippen LogP contribution in [0.1, 0.15) is 38.9 Å². The number of aromatic nitrogens is 2. The van der Waals surface area contributed by atoms with Crippen molar-refractivity contribution in [3.8, 4) is 0 Å². The van der Waals surface area contributed by atoms with Gasteiger partial charge in [0.1, 0.15) is 6.04 Å². The molecule has 1 aromatic heterocycles. The number of anilines is 1. The van der Waals surface area contributed by atoms with E-state index in [2.05, 4.69) is 10.3 Å². The minimum absolute atomic E-state index is 0.0470. The fourth-order valence-corrected chi connectivity index (χ4v) is 3.09. The predicted octanol–water partition coefficient (Wildman–Crippen LogP) is 0.996. The van der Waals surface area contributed by atoms with Crippen LogP contribution < -0.4 is 10.9 Å². The fraction of sp³-hybridized carbons (Fsp3) is 0.615. The molecule has 7 nitrogen and oxygen atoms in total. The minimum atomic E-state index is -1.08. The van der Waals surface area contributed by atoms with Crippen molar-refractivity contribution in [2.24, 2.45) is 0 Å². The molecule has 0 aliphatic carbocycles. The molecular formula is C13H18ClN3O4. The van der Waals surface area contributed by atoms with Crippen LogP contribution >= 0.6 is 11.6 Å². The molecule has 1 unspecified atom stereocenters. The van der Waals surface area contributed by atoms with Crippen LogP contribution in [0.2, 0.25) is 5.15 Å². The molecule has 2 rings (SSSR count). The van der Waals surface area contributed by atoms with Gasteiger partial charge in [-0.3, -0.25) is 9.36 Å². The molecule has 1 aliphatic rings. The second-order valence-corrected chi connectivity index (χ2v) is 6.30. The van der Waals surface area contributed by atoms with E-state index >= 15 is 0 Å². The van der Waals surface area contributed by atoms with Gasteiger partial charge in [-0.1, -0.05) is 25.4 Å². The lowest BCUT2D eigenvalue weighted by molar-refractivity contribution is -0.140. The summed E-state index contributed by atoms with van der Waals surface area (Å²) in [6, 6.07) is -1.36. The van der Waals surface area contributed by atoms with Crippen molar-refractivity contribution in [1.29, 1.82) is 0 Å². The summed E-state index contributed by atoms with van der Waals surface area (Å²) in [6.45, 7) is 5.15. The molecule has 21 heavy (non-hydrogen) atoms. The van der Waals surface area contributed by atoms with Crippen molar-refractivity contribution < 1.29 is 15.0 Å². The lowest BCUT2D eigenvalue weighted by atomic mass is 9.87. The summed E-state index contributed by atoms with van der Waals surface area (Å²) in [6.07, 6.45) is 0.276. The summed E-state index contributed by atoms with van der Waals surface area (Å²) in [5.74, 6) is -1.12. The van der Waals surface area contributed by atoms with Gasteiger partial charge in [-0.05, 0) is 13.3 Å². The van der Waals surface area contributed by atoms with Gasteiger partial charge in [0.25, 0.3) is 5.56 Å². The zero-order chi connectivity index (χ0) is 15.9. The lowest BCUT2D eigenvalue weighted by Crippen LogP contribution is -2.33. The highest BCUT2D eigenvalue weighted by Gasteiger charge is 2.44. The number of fused-ring (bicyclic) bond motifs is 1. The average Bonchev–Trinajstić information content (AvgIpc) is 2.68. The highest BCUT2D eigenvalue weighted by atomic mass is 35.5. The van der Waals surface area contributed by atoms with Gasteiger partial charge in [0.05, 0.1) is 12.3 Å². The number of carbonyl (C=O) groups is 1. The van der Waals surface area contributed by atoms with Gasteiger partial charge < -0.3 is 15.5 Å². The van der Waals surface area contributed by atoms with Crippen LogP contribution in [0.15, 0.2) is 4.79 Å². The smallest absolute Gasteiger partial charge is 0.326 e. The monoisotopic (exact) mass is 315 g/mol. The Bertz CT molecular complexity index is 641. The Morgan fingerprint density at radius 2 is 2.24 bits per heavy atom. The Balaban J connectivity index is 2.64. The van der Waals surface area contributed by atoms with E-state index in [1.807, 2.05) is 13.8 Å². The van der Waals surface area contributed by atoms with Crippen LogP contribution in [0, 0.1) is 0 Å². The Kier molecular flexibility index (Phi) is 3.99. The molecular weight excluding hydrogens is 298 g/mol. The molecule has 116 valence electrons. The van der Waals surface area contributed by atoms with Gasteiger partial charge in [0.2, 0.25) is 0 Å². The van der Waals surface area contributed by atoms with Crippen molar-refractivity contribution in [3.63, 3.8) is 0 Å². The molecule has 0 amide bonds. The molecule has 8 heteroatoms. The Labute approximate surface area is 126 Å². The largest absolute Gasteiger partial charge is 0.480 e. The van der Waals surface area contributed by atoms with Gasteiger partial charge in [-0.25, -0.2) is 9.78 Å². The number of hydrogen-bond acceptors (Lipinski definition) is 5. The quantitative estimate of drug-likeness (QED) is 0.765. The van der Waals surface area contributed by atoms with Gasteiger partial charge in [-0.2, -0.15) is 0 Å². The molecule has 0 radical (unpaired) electrons. The summed E-state index contributed by atoms with van der Waals surface area (Å²) >= 11 is 6.16. The van der Waals surface area contributed by atoms with Crippen LogP contribution in [0.3, 0.4) is 0 Å². The number of aliphatic hydroxyl groups excluding tert-OH is 1. The second kappa shape index (κ2) is 5.31. The van der Waals surface area contributed by atoms with E-state index < -0.39 is 29.0 Å². The number of rotatable bonds is 4. The van der Waals surface area contributed by atoms with Crippen LogP contribution in [-0.4, -0.2) is 38.4 Å². The van der Waals surface area contributed by atoms with E-state index in [9.17, 15) is 14.7 Å². The standard InChI is InChI=1S/C13H18ClN3O4/c1-6(5-18)15-10-11(19)17-7(12(20)21)4-13(2,3)8(17)9(14)16-10/h6-7,18H,4-5H2,1-3H3,(H,15,16)(H,20,21)/t6?,7-/m0/s1. The summed E-state index contributed by atoms with van der Waals surface area (Å²) in [4.78, 5) is 28.0. The van der Waals surface area contributed by atoms with Crippen molar-refractivity contribution in [3.05, 3.63) is 21.2 Å². The van der Waals surface area contributed by atoms with E-state index in [0.29, 0.717) is 5.69 Å². The zero-order valence-corrected chi connectivity index (χ0v) is 12.8. The Morgan fingerprint density at radius 3 is 2.76 bits per heavy atom. The van der Waals surface area contributed by atoms with Crippen molar-refractivity contribution in [1.82, 2.24) is 9.55 Å². The fourth-order valence-electron chi connectivity index (χ4n) is 2.66. The number of aliphatic hydroxyl groups is 1. The number of halogens is 1. The summed E-state index contributed by atoms with van der Waals surface area (Å²) in [5.41, 5.74) is -0.649. The number of nitrogens with zero attached hydrogens (tertiary/aromatic N) is 2. The third-order valence-corrected chi connectivity index (χ3v) is 3.93. The summed E-state index contributed by atoms with van der Waals surface area (Å²) in [7, 11) is 0. The normalized spacial score (nSPS) is 20.9. The van der Waals surface area contributed by atoms with E-state index in [-0.39, 0.29) is 24.0 Å². The summed E-state index contributed by atoms with van der Waals surface area (Å²) in [5, 5.41) is 21.2. The minimum Gasteiger partial charge on any atom is -0.480 e. The van der Waals surface area contributed by atoms with Crippen LogP contribution in [-0.2, 0) is 10.2 Å². The Morgan fingerprint density at radius 1 is 1.62 bits per heavy atom. The molecule has 0 spiro atoms. The van der Waals surface area contributed by atoms with E-state index in [4.69, 9.17) is 16.7 Å². The highest BCUT2D eigenvalue weighted by molar-refractivity contribution is 6.30. The molecule has 3 N–H and O–H groups in total. The van der Waals surface area contributed by atoms with E-state index in [1.54, 1.807) is 6.92 Å². The molecule has 1 aliphatic heterocycles. The van der Waals surface area contributed by atoms with Gasteiger partial charge in [-0.15, -0.1) is 0 Å². The van der Waals surface area contributed by atoms with Crippen LogP contribution in [0.25, 0.3) is 0 Å². The first-order valence-electron chi connectivity index (χ1n) is 6.61. The maximum Gasteiger partial charge on any atom is 0.326 e. The third-order valence-electron chi connectivity index (χ3n) is 3.67. The van der Waals surface area contributed by atoms with E-state index in [0.717, 1.165) is 0 Å². The molecule has 0 fully saturated rings. The highest BCUT2D eigenvalue weighted by Crippen LogP contribution is 2.42. The van der Waals surface area contributed by atoms with Crippen molar-refractivity contribution in [2.45, 2.75) is 44.7 Å². The van der Waals surface area contributed by atoms with Gasteiger partial charge in [0.15, 0.2) is 11.0 Å². The third kappa shape index (κ3) is 2.63. The summed E-state index contributed by atoms with van der Waals surface area (Å²) < 4.78 is 1.20. The maximum absolute atomic E-state index is 12.5. The van der Waals surface area contributed by atoms with E-state index in [1.165, 1.54) is 4.57 Å². The average molecular weight is 316 g/mol.